The van der Waals surface area contributed by atoms with Crippen LogP contribution in [0.5, 0.6) is 0 Å². The molecule has 1 N–H and O–H groups in total. The number of piperazine rings is 1. The number of likely N-dealkylation sites (tertiary alicyclic amines) is 1. The molecule has 4 nitrogen and oxygen atoms in total. The van der Waals surface area contributed by atoms with Crippen LogP contribution in [0.4, 0.5) is 0 Å². The van der Waals surface area contributed by atoms with Crippen LogP contribution in [-0.4, -0.2) is 61.0 Å². The quantitative estimate of drug-likeness (QED) is 0.877. The maximum atomic E-state index is 12.6. The smallest absolute Gasteiger partial charge is 0.253 e. The Morgan fingerprint density at radius 1 is 1.10 bits per heavy atom. The second-order valence-electron chi connectivity index (χ2n) is 6.49. The van der Waals surface area contributed by atoms with Crippen LogP contribution in [-0.2, 0) is 12.8 Å². The third kappa shape index (κ3) is 2.47. The van der Waals surface area contributed by atoms with Crippen molar-refractivity contribution in [3.8, 4) is 0 Å². The van der Waals surface area contributed by atoms with E-state index in [2.05, 4.69) is 22.3 Å². The van der Waals surface area contributed by atoms with E-state index >= 15 is 0 Å². The van der Waals surface area contributed by atoms with Crippen molar-refractivity contribution in [3.05, 3.63) is 34.9 Å². The number of benzene rings is 1. The van der Waals surface area contributed by atoms with E-state index < -0.39 is 0 Å². The third-order valence-corrected chi connectivity index (χ3v) is 5.16. The highest BCUT2D eigenvalue weighted by atomic mass is 16.2. The van der Waals surface area contributed by atoms with E-state index in [-0.39, 0.29) is 5.91 Å². The Bertz CT molecular complexity index is 545. The van der Waals surface area contributed by atoms with Crippen molar-refractivity contribution in [2.45, 2.75) is 25.3 Å². The van der Waals surface area contributed by atoms with Crippen molar-refractivity contribution in [3.63, 3.8) is 0 Å². The second-order valence-corrected chi connectivity index (χ2v) is 6.49. The largest absolute Gasteiger partial charge is 0.335 e. The Labute approximate surface area is 126 Å². The van der Waals surface area contributed by atoms with E-state index in [0.717, 1.165) is 51.3 Å². The minimum absolute atomic E-state index is 0.219. The maximum absolute atomic E-state index is 12.6. The SMILES string of the molecule is O=C(c1ccc2c(c1)CCC2)N1CC(N2CCNCC2)C1. The first-order valence-electron chi connectivity index (χ1n) is 8.17. The van der Waals surface area contributed by atoms with Crippen molar-refractivity contribution in [2.24, 2.45) is 0 Å². The molecule has 21 heavy (non-hydrogen) atoms. The molecule has 1 aromatic carbocycles. The van der Waals surface area contributed by atoms with Gasteiger partial charge in [-0.25, -0.2) is 0 Å². The highest BCUT2D eigenvalue weighted by molar-refractivity contribution is 5.95. The van der Waals surface area contributed by atoms with Crippen molar-refractivity contribution < 1.29 is 4.79 Å². The molecule has 0 atom stereocenters. The molecule has 1 aromatic rings. The van der Waals surface area contributed by atoms with Crippen LogP contribution in [0.25, 0.3) is 0 Å². The molecule has 0 radical (unpaired) electrons. The number of fused-ring (bicyclic) bond motifs is 1. The molecule has 2 fully saturated rings. The fourth-order valence-corrected chi connectivity index (χ4v) is 3.79. The van der Waals surface area contributed by atoms with Gasteiger partial charge in [-0.1, -0.05) is 6.07 Å². The highest BCUT2D eigenvalue weighted by Gasteiger charge is 2.35. The number of hydrogen-bond donors (Lipinski definition) is 1. The van der Waals surface area contributed by atoms with Crippen LogP contribution in [0.2, 0.25) is 0 Å². The van der Waals surface area contributed by atoms with Gasteiger partial charge >= 0.3 is 0 Å². The second kappa shape index (κ2) is 5.43. The van der Waals surface area contributed by atoms with Crippen molar-refractivity contribution in [1.82, 2.24) is 15.1 Å². The predicted molar refractivity (Wildman–Crippen MR) is 82.6 cm³/mol. The fourth-order valence-electron chi connectivity index (χ4n) is 3.79. The number of carbonyl (C=O) groups excluding carboxylic acids is 1. The molecule has 2 aliphatic heterocycles. The van der Waals surface area contributed by atoms with E-state index in [1.807, 2.05) is 11.0 Å². The lowest BCUT2D eigenvalue weighted by Gasteiger charge is -2.46. The summed E-state index contributed by atoms with van der Waals surface area (Å²) in [6.45, 7) is 6.19. The Morgan fingerprint density at radius 3 is 2.67 bits per heavy atom. The molecule has 0 bridgehead atoms. The summed E-state index contributed by atoms with van der Waals surface area (Å²) < 4.78 is 0. The summed E-state index contributed by atoms with van der Waals surface area (Å²) in [4.78, 5) is 17.1. The molecule has 4 heteroatoms. The molecular weight excluding hydrogens is 262 g/mol. The molecule has 2 saturated heterocycles. The van der Waals surface area contributed by atoms with Gasteiger partial charge in [0.05, 0.1) is 0 Å². The van der Waals surface area contributed by atoms with Crippen LogP contribution in [0.3, 0.4) is 0 Å². The molecule has 0 saturated carbocycles. The number of rotatable bonds is 2. The Hall–Kier alpha value is -1.39. The van der Waals surface area contributed by atoms with Gasteiger partial charge in [0, 0.05) is 50.9 Å². The molecule has 1 amide bonds. The summed E-state index contributed by atoms with van der Waals surface area (Å²) in [7, 11) is 0. The number of carbonyl (C=O) groups is 1. The number of nitrogens with zero attached hydrogens (tertiary/aromatic N) is 2. The third-order valence-electron chi connectivity index (χ3n) is 5.16. The van der Waals surface area contributed by atoms with E-state index in [4.69, 9.17) is 0 Å². The van der Waals surface area contributed by atoms with Gasteiger partial charge in [0.2, 0.25) is 0 Å². The molecular formula is C17H23N3O. The zero-order valence-electron chi connectivity index (χ0n) is 12.5. The predicted octanol–water partition coefficient (Wildman–Crippen LogP) is 0.905. The molecule has 0 aromatic heterocycles. The summed E-state index contributed by atoms with van der Waals surface area (Å²) in [5, 5.41) is 3.38. The van der Waals surface area contributed by atoms with Crippen LogP contribution in [0.1, 0.15) is 27.9 Å². The van der Waals surface area contributed by atoms with Crippen LogP contribution >= 0.6 is 0 Å². The van der Waals surface area contributed by atoms with E-state index in [1.165, 1.54) is 24.0 Å². The minimum atomic E-state index is 0.219. The van der Waals surface area contributed by atoms with Crippen LogP contribution in [0, 0.1) is 0 Å². The number of amides is 1. The Balaban J connectivity index is 1.38. The molecule has 2 heterocycles. The minimum Gasteiger partial charge on any atom is -0.335 e. The molecule has 3 aliphatic rings. The van der Waals surface area contributed by atoms with Crippen molar-refractivity contribution in [2.75, 3.05) is 39.3 Å². The van der Waals surface area contributed by atoms with E-state index in [0.29, 0.717) is 6.04 Å². The summed E-state index contributed by atoms with van der Waals surface area (Å²) in [5.41, 5.74) is 3.71. The van der Waals surface area contributed by atoms with Gasteiger partial charge in [-0.3, -0.25) is 9.69 Å². The van der Waals surface area contributed by atoms with Gasteiger partial charge < -0.3 is 10.2 Å². The number of nitrogens with one attached hydrogen (secondary N) is 1. The lowest BCUT2D eigenvalue weighted by Crippen LogP contribution is -2.63. The van der Waals surface area contributed by atoms with Crippen LogP contribution < -0.4 is 5.32 Å². The van der Waals surface area contributed by atoms with Crippen molar-refractivity contribution in [1.29, 1.82) is 0 Å². The average Bonchev–Trinajstić information content (AvgIpc) is 2.94. The lowest BCUT2D eigenvalue weighted by atomic mass is 10.0. The zero-order valence-corrected chi connectivity index (χ0v) is 12.5. The number of hydrogen-bond acceptors (Lipinski definition) is 3. The Kier molecular flexibility index (Phi) is 3.43. The van der Waals surface area contributed by atoms with Crippen molar-refractivity contribution >= 4 is 5.91 Å². The van der Waals surface area contributed by atoms with Gasteiger partial charge in [-0.2, -0.15) is 0 Å². The average molecular weight is 285 g/mol. The highest BCUT2D eigenvalue weighted by Crippen LogP contribution is 2.25. The first kappa shape index (κ1) is 13.3. The van der Waals surface area contributed by atoms with Crippen LogP contribution in [0.15, 0.2) is 18.2 Å². The molecule has 0 unspecified atom stereocenters. The van der Waals surface area contributed by atoms with E-state index in [1.54, 1.807) is 0 Å². The fraction of sp³-hybridized carbons (Fsp3) is 0.588. The van der Waals surface area contributed by atoms with Gasteiger partial charge in [0.15, 0.2) is 0 Å². The first-order valence-corrected chi connectivity index (χ1v) is 8.17. The van der Waals surface area contributed by atoms with Gasteiger partial charge in [0.25, 0.3) is 5.91 Å². The summed E-state index contributed by atoms with van der Waals surface area (Å²) in [5.74, 6) is 0.219. The Morgan fingerprint density at radius 2 is 1.86 bits per heavy atom. The monoisotopic (exact) mass is 285 g/mol. The van der Waals surface area contributed by atoms with Gasteiger partial charge in [-0.15, -0.1) is 0 Å². The summed E-state index contributed by atoms with van der Waals surface area (Å²) >= 11 is 0. The summed E-state index contributed by atoms with van der Waals surface area (Å²) in [6.07, 6.45) is 3.56. The number of aryl methyl sites for hydroxylation is 2. The zero-order chi connectivity index (χ0) is 14.2. The van der Waals surface area contributed by atoms with E-state index in [9.17, 15) is 4.79 Å². The van der Waals surface area contributed by atoms with Gasteiger partial charge in [0.1, 0.15) is 0 Å². The lowest BCUT2D eigenvalue weighted by molar-refractivity contribution is 0.0227. The summed E-state index contributed by atoms with van der Waals surface area (Å²) in [6, 6.07) is 6.88. The molecule has 4 rings (SSSR count). The molecule has 1 aliphatic carbocycles. The van der Waals surface area contributed by atoms with Gasteiger partial charge in [-0.05, 0) is 42.5 Å². The topological polar surface area (TPSA) is 35.6 Å². The standard InChI is InChI=1S/C17H23N3O/c21-17(15-5-4-13-2-1-3-14(13)10-15)20-11-16(12-20)19-8-6-18-7-9-19/h4-5,10,16,18H,1-3,6-9,11-12H2. The first-order chi connectivity index (χ1) is 10.3. The molecule has 0 spiro atoms. The molecule has 112 valence electrons. The maximum Gasteiger partial charge on any atom is 0.253 e. The normalized spacial score (nSPS) is 23.0.